The second kappa shape index (κ2) is 5.65. The minimum Gasteiger partial charge on any atom is -0.236 e. The van der Waals surface area contributed by atoms with Crippen LogP contribution in [0.4, 0.5) is 5.82 Å². The maximum absolute atomic E-state index is 9.65. The first-order valence-corrected chi connectivity index (χ1v) is 3.32. The van der Waals surface area contributed by atoms with Gasteiger partial charge in [0.1, 0.15) is 5.82 Å². The predicted octanol–water partition coefficient (Wildman–Crippen LogP) is 1.56. The van der Waals surface area contributed by atoms with Gasteiger partial charge in [-0.1, -0.05) is 0 Å². The molecule has 1 rings (SSSR count). The molecule has 0 bridgehead atoms. The molecule has 0 aromatic carbocycles. The van der Waals surface area contributed by atoms with Gasteiger partial charge >= 0.3 is 0 Å². The summed E-state index contributed by atoms with van der Waals surface area (Å²) >= 11 is 3.20. The first kappa shape index (κ1) is 11.0. The number of hydrogen-bond donors (Lipinski definition) is 1. The molecule has 53 valence electrons. The molecule has 0 aliphatic heterocycles. The van der Waals surface area contributed by atoms with Crippen LogP contribution in [0.1, 0.15) is 0 Å². The number of pyridine rings is 1. The summed E-state index contributed by atoms with van der Waals surface area (Å²) in [4.78, 5) is 13.5. The fourth-order valence-electron chi connectivity index (χ4n) is 0.489. The van der Waals surface area contributed by atoms with Crippen LogP contribution in [-0.2, 0) is 0 Å². The molecule has 0 fully saturated rings. The van der Waals surface area contributed by atoms with E-state index in [9.17, 15) is 4.91 Å². The normalized spacial score (nSPS) is 8.09. The number of nitrogens with one attached hydrogen (secondary N) is 1. The summed E-state index contributed by atoms with van der Waals surface area (Å²) < 4.78 is 0.865. The van der Waals surface area contributed by atoms with Gasteiger partial charge in [0.05, 0.1) is 5.29 Å². The summed E-state index contributed by atoms with van der Waals surface area (Å²) in [6, 6.07) is 3.41. The summed E-state index contributed by atoms with van der Waals surface area (Å²) in [5.74, 6) is 0.443. The van der Waals surface area contributed by atoms with Gasteiger partial charge in [-0.15, -0.1) is 4.91 Å². The van der Waals surface area contributed by atoms with Crippen LogP contribution in [0.15, 0.2) is 28.1 Å². The molecule has 11 heavy (non-hydrogen) atoms. The first-order chi connectivity index (χ1) is 4.83. The molecule has 1 aromatic rings. The Morgan fingerprint density at radius 2 is 2.27 bits per heavy atom. The molecule has 4 nitrogen and oxygen atoms in total. The van der Waals surface area contributed by atoms with Crippen molar-refractivity contribution >= 4 is 51.3 Å². The van der Waals surface area contributed by atoms with Crippen LogP contribution in [-0.4, -0.2) is 34.5 Å². The Morgan fingerprint density at radius 1 is 1.55 bits per heavy atom. The Hall–Kier alpha value is 0.0300. The van der Waals surface area contributed by atoms with Gasteiger partial charge in [0.25, 0.3) is 0 Å². The molecule has 0 saturated carbocycles. The van der Waals surface area contributed by atoms with E-state index < -0.39 is 0 Å². The molecule has 0 saturated heterocycles. The van der Waals surface area contributed by atoms with Gasteiger partial charge in [0.15, 0.2) is 0 Å². The van der Waals surface area contributed by atoms with E-state index in [-0.39, 0.29) is 29.6 Å². The predicted molar refractivity (Wildman–Crippen MR) is 47.1 cm³/mol. The second-order valence-corrected chi connectivity index (χ2v) is 2.48. The van der Waals surface area contributed by atoms with E-state index in [0.29, 0.717) is 5.82 Å². The standard InChI is InChI=1S/C5H4BrN3O.Na/c6-4-1-2-5(7-3-4)8-9-10;/h1-3H,(H,7,8,10);. The third-order valence-corrected chi connectivity index (χ3v) is 1.36. The van der Waals surface area contributed by atoms with Crippen molar-refractivity contribution in [3.8, 4) is 0 Å². The first-order valence-electron chi connectivity index (χ1n) is 2.53. The van der Waals surface area contributed by atoms with E-state index in [4.69, 9.17) is 0 Å². The SMILES string of the molecule is O=NNc1ccc(Br)cn1.[Na]. The second-order valence-electron chi connectivity index (χ2n) is 1.56. The molecular formula is C5H4BrN3NaO. The van der Waals surface area contributed by atoms with Crippen LogP contribution in [0.3, 0.4) is 0 Å². The van der Waals surface area contributed by atoms with E-state index in [1.54, 1.807) is 18.3 Å². The van der Waals surface area contributed by atoms with Crippen LogP contribution in [0.5, 0.6) is 0 Å². The average molecular weight is 225 g/mol. The van der Waals surface area contributed by atoms with Gasteiger partial charge in [-0.2, -0.15) is 0 Å². The fraction of sp³-hybridized carbons (Fsp3) is 0. The molecule has 1 N–H and O–H groups in total. The Bertz CT molecular complexity index is 228. The average Bonchev–Trinajstić information content (AvgIpc) is 1.95. The molecule has 0 amide bonds. The van der Waals surface area contributed by atoms with Crippen molar-refractivity contribution < 1.29 is 0 Å². The fourth-order valence-corrected chi connectivity index (χ4v) is 0.723. The van der Waals surface area contributed by atoms with Crippen LogP contribution in [0.25, 0.3) is 0 Å². The maximum atomic E-state index is 9.65. The zero-order chi connectivity index (χ0) is 7.40. The zero-order valence-electron chi connectivity index (χ0n) is 5.91. The molecular weight excluding hydrogens is 221 g/mol. The number of aromatic nitrogens is 1. The van der Waals surface area contributed by atoms with E-state index in [1.165, 1.54) is 0 Å². The smallest absolute Gasteiger partial charge is 0.148 e. The van der Waals surface area contributed by atoms with Crippen LogP contribution >= 0.6 is 15.9 Å². The molecule has 0 spiro atoms. The number of nitroso groups, excluding NO2 is 1. The largest absolute Gasteiger partial charge is 0.236 e. The number of anilines is 1. The van der Waals surface area contributed by atoms with Crippen molar-refractivity contribution in [1.82, 2.24) is 4.98 Å². The summed E-state index contributed by atoms with van der Waals surface area (Å²) in [6.07, 6.45) is 1.58. The Balaban J connectivity index is 0.000001000. The van der Waals surface area contributed by atoms with Crippen LogP contribution < -0.4 is 5.43 Å². The van der Waals surface area contributed by atoms with Crippen LogP contribution in [0, 0.1) is 4.91 Å². The van der Waals surface area contributed by atoms with Crippen molar-refractivity contribution in [3.05, 3.63) is 27.7 Å². The van der Waals surface area contributed by atoms with Gasteiger partial charge in [0.2, 0.25) is 0 Å². The topological polar surface area (TPSA) is 54.4 Å². The molecule has 0 unspecified atom stereocenters. The Labute approximate surface area is 94.1 Å². The van der Waals surface area contributed by atoms with E-state index in [0.717, 1.165) is 4.47 Å². The van der Waals surface area contributed by atoms with Gasteiger partial charge < -0.3 is 0 Å². The summed E-state index contributed by atoms with van der Waals surface area (Å²) in [7, 11) is 0. The van der Waals surface area contributed by atoms with Crippen molar-refractivity contribution in [2.24, 2.45) is 5.29 Å². The number of nitrogens with zero attached hydrogens (tertiary/aromatic N) is 2. The van der Waals surface area contributed by atoms with Crippen molar-refractivity contribution in [2.45, 2.75) is 0 Å². The van der Waals surface area contributed by atoms with Crippen molar-refractivity contribution in [1.29, 1.82) is 0 Å². The van der Waals surface area contributed by atoms with Gasteiger partial charge in [-0.3, -0.25) is 0 Å². The van der Waals surface area contributed by atoms with Gasteiger partial charge in [-0.25, -0.2) is 10.4 Å². The quantitative estimate of drug-likeness (QED) is 0.472. The van der Waals surface area contributed by atoms with E-state index in [2.05, 4.69) is 31.6 Å². The number of hydrogen-bond acceptors (Lipinski definition) is 3. The van der Waals surface area contributed by atoms with Gasteiger partial charge in [-0.05, 0) is 28.1 Å². The third-order valence-electron chi connectivity index (χ3n) is 0.888. The minimum atomic E-state index is 0. The molecule has 0 aliphatic rings. The van der Waals surface area contributed by atoms with Crippen molar-refractivity contribution in [3.63, 3.8) is 0 Å². The number of halogens is 1. The molecule has 1 radical (unpaired) electrons. The molecule has 0 atom stereocenters. The monoisotopic (exact) mass is 224 g/mol. The van der Waals surface area contributed by atoms with Crippen LogP contribution in [0.2, 0.25) is 0 Å². The van der Waals surface area contributed by atoms with E-state index in [1.807, 2.05) is 0 Å². The molecule has 6 heteroatoms. The number of rotatable bonds is 2. The minimum absolute atomic E-state index is 0. The maximum Gasteiger partial charge on any atom is 0.148 e. The molecule has 1 heterocycles. The summed E-state index contributed by atoms with van der Waals surface area (Å²) in [5, 5.41) is 2.46. The molecule has 0 aliphatic carbocycles. The third kappa shape index (κ3) is 3.81. The summed E-state index contributed by atoms with van der Waals surface area (Å²) in [5.41, 5.74) is 2.17. The van der Waals surface area contributed by atoms with E-state index >= 15 is 0 Å². The summed E-state index contributed by atoms with van der Waals surface area (Å²) in [6.45, 7) is 0. The Kier molecular flexibility index (Phi) is 5.67. The zero-order valence-corrected chi connectivity index (χ0v) is 9.50. The molecule has 1 aromatic heterocycles. The van der Waals surface area contributed by atoms with Gasteiger partial charge in [0, 0.05) is 40.2 Å². The van der Waals surface area contributed by atoms with Crippen molar-refractivity contribution in [2.75, 3.05) is 5.43 Å². The Morgan fingerprint density at radius 3 is 2.73 bits per heavy atom.